The first-order valence-electron chi connectivity index (χ1n) is 11.9. The zero-order chi connectivity index (χ0) is 25.7. The van der Waals surface area contributed by atoms with E-state index in [0.717, 1.165) is 52.5 Å². The number of hydrogen-bond acceptors (Lipinski definition) is 4. The van der Waals surface area contributed by atoms with E-state index in [4.69, 9.17) is 9.90 Å². The second-order valence-electron chi connectivity index (χ2n) is 9.04. The molecule has 7 nitrogen and oxygen atoms in total. The Morgan fingerprint density at radius 3 is 2.47 bits per heavy atom. The molecule has 1 aliphatic heterocycles. The van der Waals surface area contributed by atoms with Gasteiger partial charge in [-0.25, -0.2) is 4.79 Å². The molecule has 3 aromatic heterocycles. The van der Waals surface area contributed by atoms with Crippen LogP contribution in [-0.4, -0.2) is 44.7 Å². The van der Waals surface area contributed by atoms with Gasteiger partial charge in [-0.15, -0.1) is 0 Å². The third-order valence-electron chi connectivity index (χ3n) is 6.52. The van der Waals surface area contributed by atoms with Gasteiger partial charge in [0, 0.05) is 53.6 Å². The van der Waals surface area contributed by atoms with E-state index in [-0.39, 0.29) is 5.91 Å². The maximum Gasteiger partial charge on any atom is 0.490 e. The summed E-state index contributed by atoms with van der Waals surface area (Å²) in [5, 5.41) is 10.0. The van der Waals surface area contributed by atoms with Gasteiger partial charge >= 0.3 is 12.1 Å². The molecule has 1 amide bonds. The van der Waals surface area contributed by atoms with Crippen molar-refractivity contribution >= 4 is 11.9 Å². The number of nitrogens with zero attached hydrogens (tertiary/aromatic N) is 2. The molecule has 0 spiro atoms. The molecule has 2 aliphatic rings. The van der Waals surface area contributed by atoms with Crippen LogP contribution in [0.3, 0.4) is 0 Å². The first-order chi connectivity index (χ1) is 17.2. The molecular formula is C26H27F3N4O3. The molecule has 1 aliphatic carbocycles. The molecule has 3 N–H and O–H groups in total. The van der Waals surface area contributed by atoms with Gasteiger partial charge in [-0.05, 0) is 49.1 Å². The van der Waals surface area contributed by atoms with Gasteiger partial charge in [0.05, 0.1) is 11.3 Å². The van der Waals surface area contributed by atoms with Gasteiger partial charge in [-0.1, -0.05) is 25.7 Å². The third-order valence-corrected chi connectivity index (χ3v) is 6.52. The van der Waals surface area contributed by atoms with Crippen LogP contribution in [0, 0.1) is 5.92 Å². The van der Waals surface area contributed by atoms with Gasteiger partial charge in [0.15, 0.2) is 0 Å². The summed E-state index contributed by atoms with van der Waals surface area (Å²) in [4.78, 5) is 33.6. The molecule has 10 heteroatoms. The number of fused-ring (bicyclic) bond motifs is 1. The maximum absolute atomic E-state index is 12.0. The molecule has 1 saturated carbocycles. The molecule has 0 bridgehead atoms. The van der Waals surface area contributed by atoms with Crippen molar-refractivity contribution in [3.05, 3.63) is 59.7 Å². The minimum absolute atomic E-state index is 0.000391. The average Bonchev–Trinajstić information content (AvgIpc) is 3.54. The SMILES string of the molecule is O=C(O)C(F)(F)F.O=C1NCCc2[nH]c(-c3ccnc(-c4ccc(CCC5CCCC5)nc4)c3)cc21. The largest absolute Gasteiger partial charge is 0.490 e. The Bertz CT molecular complexity index is 1220. The van der Waals surface area contributed by atoms with E-state index in [0.29, 0.717) is 6.54 Å². The topological polar surface area (TPSA) is 108 Å². The highest BCUT2D eigenvalue weighted by Crippen LogP contribution is 2.29. The number of aliphatic carboxylic acids is 1. The van der Waals surface area contributed by atoms with E-state index in [1.807, 2.05) is 24.5 Å². The summed E-state index contributed by atoms with van der Waals surface area (Å²) in [6.07, 6.45) is 7.39. The molecule has 0 atom stereocenters. The van der Waals surface area contributed by atoms with Crippen LogP contribution in [0.5, 0.6) is 0 Å². The Labute approximate surface area is 206 Å². The van der Waals surface area contributed by atoms with Crippen LogP contribution in [0.15, 0.2) is 42.7 Å². The van der Waals surface area contributed by atoms with E-state index in [1.54, 1.807) is 0 Å². The number of carbonyl (C=O) groups excluding carboxylic acids is 1. The number of aromatic amines is 1. The number of carboxylic acids is 1. The number of pyridine rings is 2. The van der Waals surface area contributed by atoms with E-state index in [1.165, 1.54) is 37.8 Å². The Morgan fingerprint density at radius 1 is 1.08 bits per heavy atom. The molecule has 3 aromatic rings. The first kappa shape index (κ1) is 25.4. The summed E-state index contributed by atoms with van der Waals surface area (Å²) in [7, 11) is 0. The second kappa shape index (κ2) is 10.9. The molecule has 190 valence electrons. The van der Waals surface area contributed by atoms with Crippen LogP contribution in [0.2, 0.25) is 0 Å². The van der Waals surface area contributed by atoms with Crippen LogP contribution in [0.25, 0.3) is 22.5 Å². The van der Waals surface area contributed by atoms with E-state index >= 15 is 0 Å². The molecule has 4 heterocycles. The lowest BCUT2D eigenvalue weighted by molar-refractivity contribution is -0.192. The Kier molecular flexibility index (Phi) is 7.71. The van der Waals surface area contributed by atoms with Crippen LogP contribution >= 0.6 is 0 Å². The molecule has 0 unspecified atom stereocenters. The molecule has 36 heavy (non-hydrogen) atoms. The van der Waals surface area contributed by atoms with Crippen molar-refractivity contribution in [1.29, 1.82) is 0 Å². The Hall–Kier alpha value is -3.69. The number of carboxylic acid groups (broad SMARTS) is 1. The van der Waals surface area contributed by atoms with Gasteiger partial charge < -0.3 is 15.4 Å². The molecule has 5 rings (SSSR count). The van der Waals surface area contributed by atoms with E-state index in [9.17, 15) is 18.0 Å². The van der Waals surface area contributed by atoms with E-state index in [2.05, 4.69) is 38.5 Å². The summed E-state index contributed by atoms with van der Waals surface area (Å²) in [5.74, 6) is -1.86. The van der Waals surface area contributed by atoms with Crippen LogP contribution < -0.4 is 5.32 Å². The highest BCUT2D eigenvalue weighted by molar-refractivity contribution is 5.97. The number of carbonyl (C=O) groups is 2. The predicted molar refractivity (Wildman–Crippen MR) is 127 cm³/mol. The van der Waals surface area contributed by atoms with E-state index < -0.39 is 12.1 Å². The third kappa shape index (κ3) is 6.30. The number of nitrogens with one attached hydrogen (secondary N) is 2. The minimum Gasteiger partial charge on any atom is -0.475 e. The van der Waals surface area contributed by atoms with Gasteiger partial charge in [-0.3, -0.25) is 14.8 Å². The number of H-pyrrole nitrogens is 1. The van der Waals surface area contributed by atoms with Crippen LogP contribution in [-0.2, 0) is 17.6 Å². The number of alkyl halides is 3. The van der Waals surface area contributed by atoms with Gasteiger partial charge in [0.2, 0.25) is 0 Å². The molecule has 0 radical (unpaired) electrons. The van der Waals surface area contributed by atoms with Crippen molar-refractivity contribution in [2.24, 2.45) is 5.92 Å². The summed E-state index contributed by atoms with van der Waals surface area (Å²) in [6.45, 7) is 0.687. The number of aromatic nitrogens is 3. The fraction of sp³-hybridized carbons (Fsp3) is 0.385. The average molecular weight is 501 g/mol. The van der Waals surface area contributed by atoms with Crippen LogP contribution in [0.4, 0.5) is 13.2 Å². The summed E-state index contributed by atoms with van der Waals surface area (Å²) < 4.78 is 31.7. The van der Waals surface area contributed by atoms with Crippen molar-refractivity contribution in [3.8, 4) is 22.5 Å². The number of hydrogen-bond donors (Lipinski definition) is 3. The lowest BCUT2D eigenvalue weighted by Gasteiger charge is -2.11. The van der Waals surface area contributed by atoms with Crippen molar-refractivity contribution in [1.82, 2.24) is 20.3 Å². The fourth-order valence-corrected chi connectivity index (χ4v) is 4.58. The van der Waals surface area contributed by atoms with Gasteiger partial charge in [0.25, 0.3) is 5.91 Å². The lowest BCUT2D eigenvalue weighted by Crippen LogP contribution is -2.31. The minimum atomic E-state index is -5.08. The number of rotatable bonds is 5. The van der Waals surface area contributed by atoms with Crippen molar-refractivity contribution in [2.45, 2.75) is 51.1 Å². The Morgan fingerprint density at radius 2 is 1.83 bits per heavy atom. The molecule has 0 saturated heterocycles. The predicted octanol–water partition coefficient (Wildman–Crippen LogP) is 5.18. The lowest BCUT2D eigenvalue weighted by atomic mass is 10.00. The molecular weight excluding hydrogens is 473 g/mol. The number of amides is 1. The highest BCUT2D eigenvalue weighted by atomic mass is 19.4. The summed E-state index contributed by atoms with van der Waals surface area (Å²) >= 11 is 0. The monoisotopic (exact) mass is 500 g/mol. The maximum atomic E-state index is 12.0. The number of halogens is 3. The van der Waals surface area contributed by atoms with Crippen molar-refractivity contribution < 1.29 is 27.9 Å². The standard InChI is InChI=1S/C24H26N4O.C2HF3O2/c29-24-20-14-23(28-21(20)10-12-26-24)17-9-11-25-22(13-17)18-6-8-19(27-15-18)7-5-16-3-1-2-4-16;3-2(4,5)1(6)7/h6,8-9,11,13-16,28H,1-5,7,10,12H2,(H,26,29);(H,6,7). The van der Waals surface area contributed by atoms with Crippen molar-refractivity contribution in [3.63, 3.8) is 0 Å². The summed E-state index contributed by atoms with van der Waals surface area (Å²) in [5.41, 5.74) is 6.83. The van der Waals surface area contributed by atoms with Crippen LogP contribution in [0.1, 0.15) is 53.8 Å². The highest BCUT2D eigenvalue weighted by Gasteiger charge is 2.38. The Balaban J connectivity index is 0.000000384. The second-order valence-corrected chi connectivity index (χ2v) is 9.04. The van der Waals surface area contributed by atoms with Crippen molar-refractivity contribution in [2.75, 3.05) is 6.54 Å². The quantitative estimate of drug-likeness (QED) is 0.447. The summed E-state index contributed by atoms with van der Waals surface area (Å²) in [6, 6.07) is 10.2. The fourth-order valence-electron chi connectivity index (χ4n) is 4.58. The van der Waals surface area contributed by atoms with Gasteiger partial charge in [0.1, 0.15) is 0 Å². The normalized spacial score (nSPS) is 15.6. The first-order valence-corrected chi connectivity index (χ1v) is 11.9. The molecule has 0 aromatic carbocycles. The number of aryl methyl sites for hydroxylation is 1. The zero-order valence-corrected chi connectivity index (χ0v) is 19.6. The smallest absolute Gasteiger partial charge is 0.475 e. The zero-order valence-electron chi connectivity index (χ0n) is 19.6. The van der Waals surface area contributed by atoms with Gasteiger partial charge in [-0.2, -0.15) is 13.2 Å². The molecule has 1 fully saturated rings.